The molecule has 0 saturated heterocycles. The van der Waals surface area contributed by atoms with Gasteiger partial charge in [-0.2, -0.15) is 0 Å². The van der Waals surface area contributed by atoms with Crippen molar-refractivity contribution < 1.29 is 32.3 Å². The maximum Gasteiger partial charge on any atom is 0.326 e. The largest absolute Gasteiger partial charge is 0.480 e. The average molecular weight is 594 g/mol. The highest BCUT2D eigenvalue weighted by Crippen LogP contribution is 2.34. The highest BCUT2D eigenvalue weighted by Gasteiger charge is 2.29. The second kappa shape index (κ2) is 11.7. The van der Waals surface area contributed by atoms with Crippen molar-refractivity contribution in [1.82, 2.24) is 15.5 Å². The first-order valence-electron chi connectivity index (χ1n) is 11.8. The van der Waals surface area contributed by atoms with Gasteiger partial charge in [0.05, 0.1) is 33.3 Å². The number of halogens is 2. The normalized spacial score (nSPS) is 13.9. The van der Waals surface area contributed by atoms with Crippen molar-refractivity contribution in [2.45, 2.75) is 36.9 Å². The molecular weight excluding hydrogens is 569 g/mol. The van der Waals surface area contributed by atoms with Crippen molar-refractivity contribution in [2.75, 3.05) is 12.8 Å². The summed E-state index contributed by atoms with van der Waals surface area (Å²) in [6.07, 6.45) is 2.77. The average Bonchev–Trinajstić information content (AvgIpc) is 3.40. The Balaban J connectivity index is 1.48. The van der Waals surface area contributed by atoms with Crippen molar-refractivity contribution >= 4 is 50.9 Å². The van der Waals surface area contributed by atoms with Gasteiger partial charge in [0.1, 0.15) is 11.8 Å². The van der Waals surface area contributed by atoms with Crippen LogP contribution < -0.4 is 10.6 Å². The van der Waals surface area contributed by atoms with Gasteiger partial charge in [-0.3, -0.25) is 4.79 Å². The summed E-state index contributed by atoms with van der Waals surface area (Å²) in [6.45, 7) is 0.794. The van der Waals surface area contributed by atoms with Crippen LogP contribution in [0.1, 0.15) is 32.8 Å². The molecule has 206 valence electrons. The van der Waals surface area contributed by atoms with E-state index in [-0.39, 0.29) is 46.0 Å². The molecule has 1 aliphatic heterocycles. The van der Waals surface area contributed by atoms with Gasteiger partial charge in [0, 0.05) is 25.8 Å². The molecule has 10 nitrogen and oxygen atoms in total. The third-order valence-corrected chi connectivity index (χ3v) is 8.11. The Kier molecular flexibility index (Phi) is 8.53. The molecule has 0 bridgehead atoms. The molecule has 3 N–H and O–H groups in total. The van der Waals surface area contributed by atoms with Gasteiger partial charge in [0.2, 0.25) is 0 Å². The Morgan fingerprint density at radius 3 is 2.59 bits per heavy atom. The molecule has 2 aromatic carbocycles. The molecule has 4 rings (SSSR count). The summed E-state index contributed by atoms with van der Waals surface area (Å²) < 4.78 is 28.9. The number of rotatable bonds is 8. The zero-order valence-electron chi connectivity index (χ0n) is 20.7. The van der Waals surface area contributed by atoms with Gasteiger partial charge in [-0.05, 0) is 53.4 Å². The number of benzene rings is 2. The SMILES string of the molecule is CS(=O)(=O)c1cccc(C[C@H](NC(=O)c2c(Cl)cc3c(c2Cl)CCN(C(=O)NCc2ccco2)C3)C(=O)O)c1. The summed E-state index contributed by atoms with van der Waals surface area (Å²) >= 11 is 13.0. The number of carboxylic acid groups (broad SMARTS) is 1. The molecule has 3 amide bonds. The van der Waals surface area contributed by atoms with E-state index in [1.165, 1.54) is 24.5 Å². The number of hydrogen-bond acceptors (Lipinski definition) is 6. The van der Waals surface area contributed by atoms with Crippen molar-refractivity contribution in [2.24, 2.45) is 0 Å². The minimum absolute atomic E-state index is 0.0114. The van der Waals surface area contributed by atoms with Crippen molar-refractivity contribution in [3.8, 4) is 0 Å². The van der Waals surface area contributed by atoms with Crippen LogP contribution in [0.4, 0.5) is 4.79 Å². The van der Waals surface area contributed by atoms with Crippen LogP contribution in [0.3, 0.4) is 0 Å². The molecule has 0 unspecified atom stereocenters. The van der Waals surface area contributed by atoms with Crippen molar-refractivity contribution in [3.63, 3.8) is 0 Å². The molecule has 13 heteroatoms. The lowest BCUT2D eigenvalue weighted by Crippen LogP contribution is -2.43. The number of fused-ring (bicyclic) bond motifs is 1. The Morgan fingerprint density at radius 2 is 1.92 bits per heavy atom. The lowest BCUT2D eigenvalue weighted by molar-refractivity contribution is -0.139. The van der Waals surface area contributed by atoms with Crippen LogP contribution in [-0.2, 0) is 40.6 Å². The number of nitrogens with zero attached hydrogens (tertiary/aromatic N) is 1. The zero-order chi connectivity index (χ0) is 28.3. The van der Waals surface area contributed by atoms with Gasteiger partial charge in [0.25, 0.3) is 5.91 Å². The van der Waals surface area contributed by atoms with Crippen LogP contribution in [0.5, 0.6) is 0 Å². The van der Waals surface area contributed by atoms with Gasteiger partial charge in [-0.25, -0.2) is 18.0 Å². The first kappa shape index (κ1) is 28.5. The molecule has 39 heavy (non-hydrogen) atoms. The van der Waals surface area contributed by atoms with E-state index in [9.17, 15) is 27.9 Å². The fourth-order valence-corrected chi connectivity index (χ4v) is 5.75. The predicted molar refractivity (Wildman–Crippen MR) is 144 cm³/mol. The number of urea groups is 1. The van der Waals surface area contributed by atoms with Crippen LogP contribution >= 0.6 is 23.2 Å². The molecule has 1 aromatic heterocycles. The maximum absolute atomic E-state index is 13.2. The molecule has 0 saturated carbocycles. The van der Waals surface area contributed by atoms with Crippen LogP contribution in [0.15, 0.2) is 58.0 Å². The number of aliphatic carboxylic acids is 1. The van der Waals surface area contributed by atoms with Crippen molar-refractivity contribution in [3.05, 3.63) is 86.8 Å². The van der Waals surface area contributed by atoms with Gasteiger partial charge in [-0.1, -0.05) is 35.3 Å². The van der Waals surface area contributed by atoms with Crippen LogP contribution in [-0.4, -0.2) is 55.2 Å². The summed E-state index contributed by atoms with van der Waals surface area (Å²) in [4.78, 5) is 39.3. The molecular formula is C26H25Cl2N3O7S. The first-order chi connectivity index (χ1) is 18.4. The van der Waals surface area contributed by atoms with Crippen LogP contribution in [0, 0.1) is 0 Å². The highest BCUT2D eigenvalue weighted by atomic mass is 35.5. The molecule has 3 aromatic rings. The summed E-state index contributed by atoms with van der Waals surface area (Å²) in [5.74, 6) is -1.47. The Bertz CT molecular complexity index is 1520. The first-order valence-corrected chi connectivity index (χ1v) is 14.5. The number of nitrogens with one attached hydrogen (secondary N) is 2. The van der Waals surface area contributed by atoms with Gasteiger partial charge in [0.15, 0.2) is 9.84 Å². The Morgan fingerprint density at radius 1 is 1.15 bits per heavy atom. The number of amides is 3. The molecule has 0 spiro atoms. The zero-order valence-corrected chi connectivity index (χ0v) is 23.1. The van der Waals surface area contributed by atoms with E-state index in [0.29, 0.717) is 35.4 Å². The van der Waals surface area contributed by atoms with E-state index in [1.807, 2.05) is 0 Å². The summed E-state index contributed by atoms with van der Waals surface area (Å²) in [6, 6.07) is 9.21. The van der Waals surface area contributed by atoms with E-state index in [4.69, 9.17) is 27.6 Å². The van der Waals surface area contributed by atoms with E-state index < -0.39 is 27.8 Å². The number of furan rings is 1. The molecule has 0 radical (unpaired) electrons. The monoisotopic (exact) mass is 593 g/mol. The molecule has 1 atom stereocenters. The topological polar surface area (TPSA) is 146 Å². The highest BCUT2D eigenvalue weighted by molar-refractivity contribution is 7.90. The number of sulfone groups is 1. The third kappa shape index (κ3) is 6.73. The molecule has 1 aliphatic rings. The van der Waals surface area contributed by atoms with E-state index in [1.54, 1.807) is 29.2 Å². The Labute approximate surface area is 234 Å². The van der Waals surface area contributed by atoms with Gasteiger partial charge in [-0.15, -0.1) is 0 Å². The molecule has 0 fully saturated rings. The standard InChI is InChI=1S/C26H25Cl2N3O7S/c1-39(36,37)18-6-2-4-15(10-18)11-21(25(33)34)30-24(32)22-20(27)12-16-14-31(8-7-19(16)23(22)28)26(35)29-13-17-5-3-9-38-17/h2-6,9-10,12,21H,7-8,11,13-14H2,1H3,(H,29,35)(H,30,32)(H,33,34)/t21-/m0/s1. The number of carbonyl (C=O) groups excluding carboxylic acids is 2. The maximum atomic E-state index is 13.2. The fourth-order valence-electron chi connectivity index (χ4n) is 4.29. The lowest BCUT2D eigenvalue weighted by Gasteiger charge is -2.30. The van der Waals surface area contributed by atoms with E-state index >= 15 is 0 Å². The second-order valence-electron chi connectivity index (χ2n) is 9.08. The summed E-state index contributed by atoms with van der Waals surface area (Å²) in [5.41, 5.74) is 1.67. The van der Waals surface area contributed by atoms with Gasteiger partial charge < -0.3 is 25.1 Å². The smallest absolute Gasteiger partial charge is 0.326 e. The quantitative estimate of drug-likeness (QED) is 0.361. The predicted octanol–water partition coefficient (Wildman–Crippen LogP) is 3.68. The summed E-state index contributed by atoms with van der Waals surface area (Å²) in [7, 11) is -3.49. The second-order valence-corrected chi connectivity index (χ2v) is 11.9. The molecule has 0 aliphatic carbocycles. The minimum atomic E-state index is -3.49. The van der Waals surface area contributed by atoms with Crippen LogP contribution in [0.2, 0.25) is 10.0 Å². The lowest BCUT2D eigenvalue weighted by atomic mass is 9.96. The minimum Gasteiger partial charge on any atom is -0.480 e. The van der Waals surface area contributed by atoms with E-state index in [0.717, 1.165) is 6.26 Å². The third-order valence-electron chi connectivity index (χ3n) is 6.28. The molecule has 2 heterocycles. The van der Waals surface area contributed by atoms with E-state index in [2.05, 4.69) is 10.6 Å². The fraction of sp³-hybridized carbons (Fsp3) is 0.269. The number of hydrogen-bond donors (Lipinski definition) is 3. The van der Waals surface area contributed by atoms with Crippen LogP contribution in [0.25, 0.3) is 0 Å². The number of carboxylic acids is 1. The van der Waals surface area contributed by atoms with Gasteiger partial charge >= 0.3 is 12.0 Å². The summed E-state index contributed by atoms with van der Waals surface area (Å²) in [5, 5.41) is 15.1. The van der Waals surface area contributed by atoms with Crippen molar-refractivity contribution in [1.29, 1.82) is 0 Å². The number of carbonyl (C=O) groups is 3. The Hall–Kier alpha value is -3.54.